The van der Waals surface area contributed by atoms with Gasteiger partial charge in [0.25, 0.3) is 5.91 Å². The lowest BCUT2D eigenvalue weighted by Crippen LogP contribution is -2.18. The van der Waals surface area contributed by atoms with Crippen molar-refractivity contribution in [2.24, 2.45) is 0 Å². The van der Waals surface area contributed by atoms with E-state index in [1.165, 1.54) is 12.3 Å². The summed E-state index contributed by atoms with van der Waals surface area (Å²) in [5.41, 5.74) is 7.56. The topological polar surface area (TPSA) is 100 Å². The molecule has 7 heteroatoms. The Hall–Kier alpha value is -3.17. The van der Waals surface area contributed by atoms with E-state index in [0.717, 1.165) is 17.7 Å². The molecule has 0 heterocycles. The zero-order chi connectivity index (χ0) is 18.9. The van der Waals surface area contributed by atoms with Crippen molar-refractivity contribution < 1.29 is 9.53 Å². The average Bonchev–Trinajstić information content (AvgIpc) is 2.64. The fourth-order valence-electron chi connectivity index (χ4n) is 2.15. The molecule has 0 atom stereocenters. The highest BCUT2D eigenvalue weighted by atomic mass is 35.5. The second-order valence-corrected chi connectivity index (χ2v) is 5.82. The van der Waals surface area contributed by atoms with Gasteiger partial charge in [0.05, 0.1) is 17.8 Å². The van der Waals surface area contributed by atoms with E-state index in [9.17, 15) is 10.1 Å². The predicted molar refractivity (Wildman–Crippen MR) is 103 cm³/mol. The molecule has 4 N–H and O–H groups in total. The highest BCUT2D eigenvalue weighted by molar-refractivity contribution is 6.34. The van der Waals surface area contributed by atoms with Crippen molar-refractivity contribution in [3.05, 3.63) is 64.8 Å². The molecule has 0 fully saturated rings. The molecule has 1 amide bonds. The smallest absolute Gasteiger partial charge is 0.267 e. The number of hydrogen-bond donors (Lipinski definition) is 3. The lowest BCUT2D eigenvalue weighted by Gasteiger charge is -2.08. The number of halogens is 1. The molecule has 0 unspecified atom stereocenters. The van der Waals surface area contributed by atoms with Crippen LogP contribution < -0.4 is 21.1 Å². The summed E-state index contributed by atoms with van der Waals surface area (Å²) in [6, 6.07) is 14.3. The molecule has 2 aromatic carbocycles. The number of hydrogen-bond acceptors (Lipinski definition) is 5. The van der Waals surface area contributed by atoms with Gasteiger partial charge < -0.3 is 21.1 Å². The van der Waals surface area contributed by atoms with Gasteiger partial charge in [0, 0.05) is 18.4 Å². The molecule has 6 nitrogen and oxygen atoms in total. The molecule has 26 heavy (non-hydrogen) atoms. The minimum atomic E-state index is -0.545. The number of nitriles is 1. The number of carbonyl (C=O) groups is 1. The number of nitrogens with one attached hydrogen (secondary N) is 2. The molecular weight excluding hydrogens is 352 g/mol. The molecular formula is C19H19ClN4O2. The average molecular weight is 371 g/mol. The van der Waals surface area contributed by atoms with Gasteiger partial charge in [-0.25, -0.2) is 0 Å². The number of methoxy groups -OCH3 is 1. The van der Waals surface area contributed by atoms with Crippen LogP contribution >= 0.6 is 11.6 Å². The Morgan fingerprint density at radius 3 is 2.65 bits per heavy atom. The lowest BCUT2D eigenvalue weighted by molar-refractivity contribution is -0.112. The van der Waals surface area contributed by atoms with Crippen LogP contribution in [0.3, 0.4) is 0 Å². The van der Waals surface area contributed by atoms with Crippen LogP contribution in [-0.2, 0) is 11.2 Å². The zero-order valence-electron chi connectivity index (χ0n) is 14.3. The minimum Gasteiger partial charge on any atom is -0.497 e. The Balaban J connectivity index is 1.90. The summed E-state index contributed by atoms with van der Waals surface area (Å²) in [6.45, 7) is 0.577. The summed E-state index contributed by atoms with van der Waals surface area (Å²) in [7, 11) is 1.62. The van der Waals surface area contributed by atoms with E-state index >= 15 is 0 Å². The van der Waals surface area contributed by atoms with E-state index in [2.05, 4.69) is 10.6 Å². The first-order chi connectivity index (χ1) is 12.5. The van der Waals surface area contributed by atoms with Gasteiger partial charge in [-0.3, -0.25) is 4.79 Å². The van der Waals surface area contributed by atoms with Crippen LogP contribution in [0.25, 0.3) is 0 Å². The van der Waals surface area contributed by atoms with Crippen LogP contribution in [-0.4, -0.2) is 19.6 Å². The van der Waals surface area contributed by atoms with Crippen LogP contribution in [0.4, 0.5) is 11.4 Å². The van der Waals surface area contributed by atoms with Gasteiger partial charge in [0.2, 0.25) is 0 Å². The van der Waals surface area contributed by atoms with Gasteiger partial charge in [-0.05, 0) is 42.3 Å². The van der Waals surface area contributed by atoms with E-state index in [-0.39, 0.29) is 5.57 Å². The molecule has 0 saturated carbocycles. The number of ether oxygens (including phenoxy) is 1. The molecule has 2 rings (SSSR count). The standard InChI is InChI=1S/C19H19ClN4O2/c1-26-16-5-2-13(3-6-16)8-9-23-12-14(11-21)19(25)24-18-7-4-15(22)10-17(18)20/h2-7,10,12,23H,8-9,22H2,1H3,(H,24,25)/b14-12-. The monoisotopic (exact) mass is 370 g/mol. The third-order valence-electron chi connectivity index (χ3n) is 3.57. The van der Waals surface area contributed by atoms with Crippen LogP contribution in [0.5, 0.6) is 5.75 Å². The number of nitrogens with two attached hydrogens (primary N) is 1. The van der Waals surface area contributed by atoms with Crippen molar-refractivity contribution in [1.82, 2.24) is 5.32 Å². The zero-order valence-corrected chi connectivity index (χ0v) is 15.0. The molecule has 0 aliphatic heterocycles. The predicted octanol–water partition coefficient (Wildman–Crippen LogP) is 3.11. The maximum absolute atomic E-state index is 12.2. The summed E-state index contributed by atoms with van der Waals surface area (Å²) < 4.78 is 5.11. The number of carbonyl (C=O) groups excluding carboxylic acids is 1. The molecule has 0 aromatic heterocycles. The molecule has 0 aliphatic carbocycles. The molecule has 134 valence electrons. The van der Waals surface area contributed by atoms with E-state index < -0.39 is 5.91 Å². The number of anilines is 2. The lowest BCUT2D eigenvalue weighted by atomic mass is 10.1. The number of nitrogens with zero attached hydrogens (tertiary/aromatic N) is 1. The fourth-order valence-corrected chi connectivity index (χ4v) is 2.39. The van der Waals surface area contributed by atoms with Crippen LogP contribution in [0, 0.1) is 11.3 Å². The van der Waals surface area contributed by atoms with E-state index in [1.54, 1.807) is 19.2 Å². The first kappa shape index (κ1) is 19.2. The molecule has 0 bridgehead atoms. The van der Waals surface area contributed by atoms with Crippen molar-refractivity contribution in [3.8, 4) is 11.8 Å². The Bertz CT molecular complexity index is 842. The van der Waals surface area contributed by atoms with Gasteiger partial charge in [-0.1, -0.05) is 23.7 Å². The highest BCUT2D eigenvalue weighted by Gasteiger charge is 2.11. The van der Waals surface area contributed by atoms with Crippen LogP contribution in [0.1, 0.15) is 5.56 Å². The molecule has 0 spiro atoms. The quantitative estimate of drug-likeness (QED) is 0.301. The third kappa shape index (κ3) is 5.43. The molecule has 0 aliphatic rings. The second kappa shape index (κ2) is 9.35. The first-order valence-electron chi connectivity index (χ1n) is 7.86. The Morgan fingerprint density at radius 1 is 1.31 bits per heavy atom. The van der Waals surface area contributed by atoms with E-state index in [1.807, 2.05) is 30.3 Å². The van der Waals surface area contributed by atoms with Crippen molar-refractivity contribution >= 4 is 28.9 Å². The van der Waals surface area contributed by atoms with Gasteiger partial charge in [0.1, 0.15) is 17.4 Å². The SMILES string of the molecule is COc1ccc(CCN/C=C(/C#N)C(=O)Nc2ccc(N)cc2Cl)cc1. The Morgan fingerprint density at radius 2 is 2.04 bits per heavy atom. The Labute approximate surface area is 157 Å². The fraction of sp³-hybridized carbons (Fsp3) is 0.158. The molecule has 0 radical (unpaired) electrons. The summed E-state index contributed by atoms with van der Waals surface area (Å²) in [6.07, 6.45) is 2.13. The first-order valence-corrected chi connectivity index (χ1v) is 8.24. The normalized spacial score (nSPS) is 10.7. The van der Waals surface area contributed by atoms with Crippen molar-refractivity contribution in [2.45, 2.75) is 6.42 Å². The van der Waals surface area contributed by atoms with Gasteiger partial charge in [0.15, 0.2) is 0 Å². The summed E-state index contributed by atoms with van der Waals surface area (Å²) in [5.74, 6) is 0.252. The van der Waals surface area contributed by atoms with E-state index in [0.29, 0.717) is 22.9 Å². The highest BCUT2D eigenvalue weighted by Crippen LogP contribution is 2.24. The summed E-state index contributed by atoms with van der Waals surface area (Å²) >= 11 is 6.02. The van der Waals surface area contributed by atoms with Gasteiger partial charge >= 0.3 is 0 Å². The number of benzene rings is 2. The third-order valence-corrected chi connectivity index (χ3v) is 3.88. The maximum atomic E-state index is 12.2. The molecule has 2 aromatic rings. The largest absolute Gasteiger partial charge is 0.497 e. The minimum absolute atomic E-state index is 0.0485. The second-order valence-electron chi connectivity index (χ2n) is 5.42. The van der Waals surface area contributed by atoms with Gasteiger partial charge in [-0.15, -0.1) is 0 Å². The number of amides is 1. The number of nitrogen functional groups attached to an aromatic ring is 1. The van der Waals surface area contributed by atoms with Gasteiger partial charge in [-0.2, -0.15) is 5.26 Å². The number of rotatable bonds is 7. The Kier molecular flexibility index (Phi) is 6.89. The summed E-state index contributed by atoms with van der Waals surface area (Å²) in [5, 5.41) is 15.0. The molecule has 0 saturated heterocycles. The van der Waals surface area contributed by atoms with Crippen LogP contribution in [0.15, 0.2) is 54.2 Å². The maximum Gasteiger partial charge on any atom is 0.267 e. The van der Waals surface area contributed by atoms with Crippen molar-refractivity contribution in [2.75, 3.05) is 24.7 Å². The van der Waals surface area contributed by atoms with Crippen molar-refractivity contribution in [3.63, 3.8) is 0 Å². The van der Waals surface area contributed by atoms with E-state index in [4.69, 9.17) is 22.1 Å². The van der Waals surface area contributed by atoms with Crippen LogP contribution in [0.2, 0.25) is 5.02 Å². The summed E-state index contributed by atoms with van der Waals surface area (Å²) in [4.78, 5) is 12.2. The van der Waals surface area contributed by atoms with Crippen molar-refractivity contribution in [1.29, 1.82) is 5.26 Å².